The number of aromatic nitrogens is 4. The van der Waals surface area contributed by atoms with Gasteiger partial charge in [0.05, 0.1) is 27.8 Å². The third kappa shape index (κ3) is 4.85. The number of benzene rings is 8. The van der Waals surface area contributed by atoms with Gasteiger partial charge in [0.2, 0.25) is 5.95 Å². The summed E-state index contributed by atoms with van der Waals surface area (Å²) >= 11 is 0. The van der Waals surface area contributed by atoms with E-state index in [2.05, 4.69) is 203 Å². The average Bonchev–Trinajstić information content (AvgIpc) is 3.81. The number of hydrogen-bond donors (Lipinski definition) is 0. The Morgan fingerprint density at radius 1 is 0.370 bits per heavy atom. The topological polar surface area (TPSA) is 35.6 Å². The molecule has 3 heterocycles. The highest BCUT2D eigenvalue weighted by Gasteiger charge is 2.21. The van der Waals surface area contributed by atoms with Gasteiger partial charge in [0.25, 0.3) is 0 Å². The minimum absolute atomic E-state index is 0.641. The number of hydrogen-bond acceptors (Lipinski definition) is 2. The maximum Gasteiger partial charge on any atom is 0.235 e. The summed E-state index contributed by atoms with van der Waals surface area (Å²) in [4.78, 5) is 10.9. The number of fused-ring (bicyclic) bond motifs is 7. The highest BCUT2D eigenvalue weighted by molar-refractivity contribution is 6.23. The molecule has 0 atom stereocenters. The Labute approximate surface area is 311 Å². The molecule has 0 aliphatic carbocycles. The van der Waals surface area contributed by atoms with E-state index in [4.69, 9.17) is 9.97 Å². The van der Waals surface area contributed by atoms with Crippen LogP contribution in [-0.2, 0) is 0 Å². The molecule has 0 aliphatic rings. The molecule has 3 aromatic heterocycles. The average molecular weight is 689 g/mol. The molecule has 0 saturated carbocycles. The lowest BCUT2D eigenvalue weighted by Crippen LogP contribution is -2.04. The van der Waals surface area contributed by atoms with Crippen LogP contribution < -0.4 is 0 Å². The number of rotatable bonds is 5. The first kappa shape index (κ1) is 30.3. The highest BCUT2D eigenvalue weighted by Crippen LogP contribution is 2.40. The molecule has 54 heavy (non-hydrogen) atoms. The fourth-order valence-corrected chi connectivity index (χ4v) is 8.19. The fraction of sp³-hybridized carbons (Fsp3) is 0. The second-order valence-electron chi connectivity index (χ2n) is 13.9. The van der Waals surface area contributed by atoms with Crippen LogP contribution in [0, 0.1) is 0 Å². The number of para-hydroxylation sites is 2. The second kappa shape index (κ2) is 12.1. The minimum atomic E-state index is 0.641. The van der Waals surface area contributed by atoms with E-state index in [0.29, 0.717) is 5.95 Å². The van der Waals surface area contributed by atoms with Crippen molar-refractivity contribution < 1.29 is 0 Å². The first-order chi connectivity index (χ1) is 26.8. The van der Waals surface area contributed by atoms with Crippen molar-refractivity contribution in [3.8, 4) is 45.1 Å². The van der Waals surface area contributed by atoms with Crippen LogP contribution in [0.25, 0.3) is 99.5 Å². The molecule has 0 bridgehead atoms. The van der Waals surface area contributed by atoms with Gasteiger partial charge in [0.1, 0.15) is 0 Å². The summed E-state index contributed by atoms with van der Waals surface area (Å²) in [6.45, 7) is 0. The molecule has 8 aromatic carbocycles. The van der Waals surface area contributed by atoms with Gasteiger partial charge in [-0.3, -0.25) is 4.57 Å². The largest absolute Gasteiger partial charge is 0.316 e. The molecule has 0 N–H and O–H groups in total. The molecule has 0 amide bonds. The molecular weight excluding hydrogens is 657 g/mol. The van der Waals surface area contributed by atoms with Crippen LogP contribution in [0.5, 0.6) is 0 Å². The van der Waals surface area contributed by atoms with Crippen molar-refractivity contribution in [2.24, 2.45) is 0 Å². The lowest BCUT2D eigenvalue weighted by Gasteiger charge is -2.15. The summed E-state index contributed by atoms with van der Waals surface area (Å²) in [7, 11) is 0. The summed E-state index contributed by atoms with van der Waals surface area (Å²) in [5.74, 6) is 0.641. The lowest BCUT2D eigenvalue weighted by molar-refractivity contribution is 1.01. The molecule has 0 spiro atoms. The maximum absolute atomic E-state index is 5.56. The molecule has 0 unspecified atom stereocenters. The zero-order valence-electron chi connectivity index (χ0n) is 29.3. The van der Waals surface area contributed by atoms with Gasteiger partial charge in [-0.1, -0.05) is 127 Å². The predicted octanol–water partition coefficient (Wildman–Crippen LogP) is 12.8. The van der Waals surface area contributed by atoms with Gasteiger partial charge in [-0.15, -0.1) is 0 Å². The monoisotopic (exact) mass is 688 g/mol. The van der Waals surface area contributed by atoms with Crippen molar-refractivity contribution in [2.45, 2.75) is 0 Å². The van der Waals surface area contributed by atoms with E-state index in [1.807, 2.05) is 0 Å². The molecule has 0 saturated heterocycles. The summed E-state index contributed by atoms with van der Waals surface area (Å²) in [5, 5.41) is 6.99. The van der Waals surface area contributed by atoms with E-state index in [0.717, 1.165) is 66.7 Å². The van der Waals surface area contributed by atoms with Crippen LogP contribution in [0.4, 0.5) is 0 Å². The first-order valence-electron chi connectivity index (χ1n) is 18.3. The summed E-state index contributed by atoms with van der Waals surface area (Å²) in [5.41, 5.74) is 11.8. The molecule has 4 nitrogen and oxygen atoms in total. The Balaban J connectivity index is 1.23. The van der Waals surface area contributed by atoms with E-state index in [1.165, 1.54) is 26.9 Å². The first-order valence-corrected chi connectivity index (χ1v) is 18.3. The van der Waals surface area contributed by atoms with E-state index in [1.54, 1.807) is 0 Å². The van der Waals surface area contributed by atoms with Gasteiger partial charge in [-0.05, 0) is 93.7 Å². The SMILES string of the molecule is c1ccc(-c2cc(-c3ccccc3)cc(-c3nc(-n4c5cc6c(ccn6-c6ccccc6)cc5c5c6ccccc6ccc54)nc4ccccc34)c2)cc1. The molecule has 0 fully saturated rings. The van der Waals surface area contributed by atoms with Gasteiger partial charge < -0.3 is 4.57 Å². The Morgan fingerprint density at radius 3 is 1.74 bits per heavy atom. The van der Waals surface area contributed by atoms with Crippen molar-refractivity contribution in [3.05, 3.63) is 194 Å². The molecule has 11 rings (SSSR count). The van der Waals surface area contributed by atoms with E-state index >= 15 is 0 Å². The van der Waals surface area contributed by atoms with Gasteiger partial charge in [0.15, 0.2) is 0 Å². The van der Waals surface area contributed by atoms with Crippen molar-refractivity contribution >= 4 is 54.4 Å². The van der Waals surface area contributed by atoms with Crippen LogP contribution in [0.1, 0.15) is 0 Å². The molecule has 0 radical (unpaired) electrons. The minimum Gasteiger partial charge on any atom is -0.316 e. The van der Waals surface area contributed by atoms with Crippen LogP contribution >= 0.6 is 0 Å². The van der Waals surface area contributed by atoms with Crippen LogP contribution in [0.3, 0.4) is 0 Å². The summed E-state index contributed by atoms with van der Waals surface area (Å²) in [6, 6.07) is 66.9. The Hall–Kier alpha value is -7.30. The molecule has 252 valence electrons. The highest BCUT2D eigenvalue weighted by atomic mass is 15.2. The van der Waals surface area contributed by atoms with E-state index < -0.39 is 0 Å². The summed E-state index contributed by atoms with van der Waals surface area (Å²) < 4.78 is 4.54. The normalized spacial score (nSPS) is 11.7. The molecular formula is C50H32N4. The third-order valence-electron chi connectivity index (χ3n) is 10.7. The Bertz CT molecular complexity index is 3140. The fourth-order valence-electron chi connectivity index (χ4n) is 8.19. The van der Waals surface area contributed by atoms with Gasteiger partial charge in [-0.2, -0.15) is 0 Å². The predicted molar refractivity (Wildman–Crippen MR) is 225 cm³/mol. The van der Waals surface area contributed by atoms with Crippen LogP contribution in [-0.4, -0.2) is 19.1 Å². The van der Waals surface area contributed by atoms with Crippen LogP contribution in [0.15, 0.2) is 194 Å². The Kier molecular flexibility index (Phi) is 6.82. The van der Waals surface area contributed by atoms with Crippen molar-refractivity contribution in [2.75, 3.05) is 0 Å². The molecule has 11 aromatic rings. The quantitative estimate of drug-likeness (QED) is 0.180. The van der Waals surface area contributed by atoms with E-state index in [9.17, 15) is 0 Å². The molecule has 0 aliphatic heterocycles. The molecule has 4 heteroatoms. The maximum atomic E-state index is 5.56. The van der Waals surface area contributed by atoms with Crippen LogP contribution in [0.2, 0.25) is 0 Å². The van der Waals surface area contributed by atoms with E-state index in [-0.39, 0.29) is 0 Å². The smallest absolute Gasteiger partial charge is 0.235 e. The second-order valence-corrected chi connectivity index (χ2v) is 13.9. The van der Waals surface area contributed by atoms with Crippen molar-refractivity contribution in [1.82, 2.24) is 19.1 Å². The van der Waals surface area contributed by atoms with Crippen molar-refractivity contribution in [3.63, 3.8) is 0 Å². The zero-order valence-corrected chi connectivity index (χ0v) is 29.3. The van der Waals surface area contributed by atoms with Gasteiger partial charge in [-0.25, -0.2) is 9.97 Å². The van der Waals surface area contributed by atoms with Gasteiger partial charge >= 0.3 is 0 Å². The zero-order chi connectivity index (χ0) is 35.6. The third-order valence-corrected chi connectivity index (χ3v) is 10.7. The standard InChI is InChI=1S/C50H32N4/c1-4-14-33(15-5-1)37-28-38(34-16-6-2-7-17-34)30-39(29-37)49-42-22-12-13-23-44(42)51-50(52-49)54-45-25-24-35-18-10-11-21-41(35)48(45)43-31-36-26-27-53(46(36)32-47(43)54)40-19-8-3-9-20-40/h1-32H. The Morgan fingerprint density at radius 2 is 1.00 bits per heavy atom. The lowest BCUT2D eigenvalue weighted by atomic mass is 9.94. The summed E-state index contributed by atoms with van der Waals surface area (Å²) in [6.07, 6.45) is 2.16. The van der Waals surface area contributed by atoms with Crippen molar-refractivity contribution in [1.29, 1.82) is 0 Å². The number of nitrogens with zero attached hydrogens (tertiary/aromatic N) is 4. The van der Waals surface area contributed by atoms with Gasteiger partial charge in [0, 0.05) is 39.0 Å².